The van der Waals surface area contributed by atoms with E-state index in [4.69, 9.17) is 5.73 Å². The van der Waals surface area contributed by atoms with Crippen molar-refractivity contribution in [3.05, 3.63) is 35.1 Å². The first-order valence-electron chi connectivity index (χ1n) is 5.13. The van der Waals surface area contributed by atoms with Crippen LogP contribution >= 0.6 is 0 Å². The smallest absolute Gasteiger partial charge is 0.329 e. The van der Waals surface area contributed by atoms with Crippen LogP contribution in [0.2, 0.25) is 0 Å². The van der Waals surface area contributed by atoms with E-state index in [2.05, 4.69) is 5.32 Å². The molecule has 1 aromatic rings. The lowest BCUT2D eigenvalue weighted by Crippen LogP contribution is -2.32. The summed E-state index contributed by atoms with van der Waals surface area (Å²) in [7, 11) is 0. The minimum Gasteiger partial charge on any atom is -0.329 e. The zero-order valence-electron chi connectivity index (χ0n) is 9.31. The highest BCUT2D eigenvalue weighted by Crippen LogP contribution is 2.30. The van der Waals surface area contributed by atoms with Gasteiger partial charge in [0.2, 0.25) is 0 Å². The van der Waals surface area contributed by atoms with Gasteiger partial charge < -0.3 is 11.1 Å². The van der Waals surface area contributed by atoms with Gasteiger partial charge in [-0.25, -0.2) is 4.39 Å². The Labute approximate surface area is 96.8 Å². The third-order valence-corrected chi connectivity index (χ3v) is 2.37. The number of nitrogens with one attached hydrogen (secondary N) is 1. The number of benzene rings is 1. The van der Waals surface area contributed by atoms with Crippen molar-refractivity contribution in [3.63, 3.8) is 0 Å². The van der Waals surface area contributed by atoms with E-state index in [0.29, 0.717) is 6.54 Å². The number of hydrogen-bond acceptors (Lipinski definition) is 2. The Kier molecular flexibility index (Phi) is 4.47. The minimum atomic E-state index is -4.46. The molecule has 0 aliphatic heterocycles. The summed E-state index contributed by atoms with van der Waals surface area (Å²) in [5.74, 6) is -0.658. The predicted molar refractivity (Wildman–Crippen MR) is 56.8 cm³/mol. The largest absolute Gasteiger partial charge is 0.416 e. The number of nitrogens with two attached hydrogens (primary N) is 1. The maximum atomic E-state index is 13.3. The molecule has 0 radical (unpaired) electrons. The Morgan fingerprint density at radius 3 is 2.53 bits per heavy atom. The number of hydrogen-bond donors (Lipinski definition) is 2. The van der Waals surface area contributed by atoms with Crippen LogP contribution in [0.1, 0.15) is 18.1 Å². The monoisotopic (exact) mass is 250 g/mol. The van der Waals surface area contributed by atoms with E-state index in [9.17, 15) is 17.6 Å². The molecule has 1 aromatic carbocycles. The van der Waals surface area contributed by atoms with Crippen LogP contribution in [0.3, 0.4) is 0 Å². The first-order valence-corrected chi connectivity index (χ1v) is 5.13. The van der Waals surface area contributed by atoms with E-state index < -0.39 is 17.6 Å². The normalized spacial score (nSPS) is 13.8. The first kappa shape index (κ1) is 13.9. The van der Waals surface area contributed by atoms with Crippen molar-refractivity contribution < 1.29 is 17.6 Å². The summed E-state index contributed by atoms with van der Waals surface area (Å²) in [6, 6.07) is 2.29. The molecule has 0 fully saturated rings. The second-order valence-electron chi connectivity index (χ2n) is 3.82. The Morgan fingerprint density at radius 2 is 2.00 bits per heavy atom. The van der Waals surface area contributed by atoms with E-state index in [1.54, 1.807) is 6.92 Å². The maximum absolute atomic E-state index is 13.3. The van der Waals surface area contributed by atoms with Crippen LogP contribution in [0.4, 0.5) is 17.6 Å². The predicted octanol–water partition coefficient (Wildman–Crippen LogP) is 2.28. The molecule has 0 amide bonds. The lowest BCUT2D eigenvalue weighted by molar-refractivity contribution is -0.137. The molecule has 96 valence electrons. The van der Waals surface area contributed by atoms with Crippen molar-refractivity contribution in [3.8, 4) is 0 Å². The van der Waals surface area contributed by atoms with E-state index in [0.717, 1.165) is 18.2 Å². The van der Waals surface area contributed by atoms with E-state index in [1.807, 2.05) is 0 Å². The Bertz CT molecular complexity index is 376. The maximum Gasteiger partial charge on any atom is 0.416 e. The number of alkyl halides is 3. The molecular formula is C11H14F4N2. The fourth-order valence-corrected chi connectivity index (χ4v) is 1.25. The topological polar surface area (TPSA) is 38.0 Å². The van der Waals surface area contributed by atoms with Gasteiger partial charge in [-0.05, 0) is 25.1 Å². The summed E-state index contributed by atoms with van der Waals surface area (Å²) in [4.78, 5) is 0. The van der Waals surface area contributed by atoms with E-state index in [-0.39, 0.29) is 18.2 Å². The van der Waals surface area contributed by atoms with Crippen molar-refractivity contribution in [2.45, 2.75) is 25.7 Å². The summed E-state index contributed by atoms with van der Waals surface area (Å²) in [5.41, 5.74) is 4.47. The Morgan fingerprint density at radius 1 is 1.35 bits per heavy atom. The highest BCUT2D eigenvalue weighted by Gasteiger charge is 2.30. The van der Waals surface area contributed by atoms with Gasteiger partial charge in [-0.2, -0.15) is 13.2 Å². The molecule has 0 spiro atoms. The standard InChI is InChI=1S/C11H14F4N2/c1-7(5-16)17-6-8-4-9(11(13,14)15)2-3-10(8)12/h2-4,7,17H,5-6,16H2,1H3/t7-/m1/s1. The molecule has 0 saturated heterocycles. The lowest BCUT2D eigenvalue weighted by Gasteiger charge is -2.13. The zero-order valence-corrected chi connectivity index (χ0v) is 9.31. The fraction of sp³-hybridized carbons (Fsp3) is 0.455. The van der Waals surface area contributed by atoms with Crippen LogP contribution in [0.5, 0.6) is 0 Å². The van der Waals surface area contributed by atoms with Crippen LogP contribution in [-0.4, -0.2) is 12.6 Å². The van der Waals surface area contributed by atoms with Gasteiger partial charge in [-0.15, -0.1) is 0 Å². The molecule has 0 heterocycles. The van der Waals surface area contributed by atoms with Crippen LogP contribution in [0, 0.1) is 5.82 Å². The van der Waals surface area contributed by atoms with Crippen molar-refractivity contribution in [2.24, 2.45) is 5.73 Å². The van der Waals surface area contributed by atoms with Crippen molar-refractivity contribution in [1.29, 1.82) is 0 Å². The van der Waals surface area contributed by atoms with Crippen LogP contribution in [0.25, 0.3) is 0 Å². The molecule has 0 saturated carbocycles. The van der Waals surface area contributed by atoms with Crippen LogP contribution in [-0.2, 0) is 12.7 Å². The average molecular weight is 250 g/mol. The average Bonchev–Trinajstić information content (AvgIpc) is 2.26. The molecule has 1 atom stereocenters. The summed E-state index contributed by atoms with van der Waals surface area (Å²) in [6.45, 7) is 2.13. The van der Waals surface area contributed by atoms with Gasteiger partial charge >= 0.3 is 6.18 Å². The second kappa shape index (κ2) is 5.46. The summed E-state index contributed by atoms with van der Waals surface area (Å²) in [5, 5.41) is 2.84. The molecule has 0 unspecified atom stereocenters. The van der Waals surface area contributed by atoms with Crippen molar-refractivity contribution in [1.82, 2.24) is 5.32 Å². The van der Waals surface area contributed by atoms with Crippen LogP contribution in [0.15, 0.2) is 18.2 Å². The molecule has 0 aliphatic carbocycles. The molecule has 3 N–H and O–H groups in total. The molecule has 1 rings (SSSR count). The van der Waals surface area contributed by atoms with Gasteiger partial charge in [0.15, 0.2) is 0 Å². The van der Waals surface area contributed by atoms with Gasteiger partial charge in [0, 0.05) is 24.7 Å². The summed E-state index contributed by atoms with van der Waals surface area (Å²) >= 11 is 0. The second-order valence-corrected chi connectivity index (χ2v) is 3.82. The molecule has 0 aliphatic rings. The Balaban J connectivity index is 2.84. The Hall–Kier alpha value is -1.14. The zero-order chi connectivity index (χ0) is 13.1. The van der Waals surface area contributed by atoms with Crippen LogP contribution < -0.4 is 11.1 Å². The highest BCUT2D eigenvalue weighted by molar-refractivity contribution is 5.27. The van der Waals surface area contributed by atoms with E-state index >= 15 is 0 Å². The molecule has 2 nitrogen and oxygen atoms in total. The van der Waals surface area contributed by atoms with E-state index in [1.165, 1.54) is 0 Å². The number of halogens is 4. The number of rotatable bonds is 4. The van der Waals surface area contributed by atoms with Crippen molar-refractivity contribution >= 4 is 0 Å². The molecular weight excluding hydrogens is 236 g/mol. The van der Waals surface area contributed by atoms with Gasteiger partial charge in [0.25, 0.3) is 0 Å². The van der Waals surface area contributed by atoms with Gasteiger partial charge in [-0.3, -0.25) is 0 Å². The lowest BCUT2D eigenvalue weighted by atomic mass is 10.1. The highest BCUT2D eigenvalue weighted by atomic mass is 19.4. The fourth-order valence-electron chi connectivity index (χ4n) is 1.25. The summed E-state index contributed by atoms with van der Waals surface area (Å²) < 4.78 is 50.5. The third kappa shape index (κ3) is 3.98. The van der Waals surface area contributed by atoms with Gasteiger partial charge in [0.05, 0.1) is 5.56 Å². The molecule has 0 aromatic heterocycles. The van der Waals surface area contributed by atoms with Crippen molar-refractivity contribution in [2.75, 3.05) is 6.54 Å². The molecule has 6 heteroatoms. The third-order valence-electron chi connectivity index (χ3n) is 2.37. The SMILES string of the molecule is C[C@H](CN)NCc1cc(C(F)(F)F)ccc1F. The summed E-state index contributed by atoms with van der Waals surface area (Å²) in [6.07, 6.45) is -4.46. The molecule has 17 heavy (non-hydrogen) atoms. The molecule has 0 bridgehead atoms. The van der Waals surface area contributed by atoms with Gasteiger partial charge in [-0.1, -0.05) is 0 Å². The minimum absolute atomic E-state index is 0.0138. The first-order chi connectivity index (χ1) is 7.84. The quantitative estimate of drug-likeness (QED) is 0.804. The van der Waals surface area contributed by atoms with Gasteiger partial charge in [0.1, 0.15) is 5.82 Å².